The highest BCUT2D eigenvalue weighted by Gasteiger charge is 2.06. The molecule has 0 unspecified atom stereocenters. The quantitative estimate of drug-likeness (QED) is 0.592. The lowest BCUT2D eigenvalue weighted by Crippen LogP contribution is -1.93. The Morgan fingerprint density at radius 3 is 2.48 bits per heavy atom. The molecule has 2 aromatic carbocycles. The fraction of sp³-hybridized carbons (Fsp3) is 0.235. The fourth-order valence-corrected chi connectivity index (χ4v) is 2.84. The van der Waals surface area contributed by atoms with Crippen molar-refractivity contribution in [2.24, 2.45) is 0 Å². The molecule has 110 valence electrons. The Morgan fingerprint density at radius 2 is 1.81 bits per heavy atom. The van der Waals surface area contributed by atoms with Gasteiger partial charge in [0.25, 0.3) is 0 Å². The van der Waals surface area contributed by atoms with Crippen molar-refractivity contribution in [1.29, 1.82) is 0 Å². The molecule has 21 heavy (non-hydrogen) atoms. The third kappa shape index (κ3) is 4.02. The van der Waals surface area contributed by atoms with Gasteiger partial charge in [0, 0.05) is 16.2 Å². The van der Waals surface area contributed by atoms with Crippen molar-refractivity contribution >= 4 is 17.5 Å². The summed E-state index contributed by atoms with van der Waals surface area (Å²) >= 11 is 1.69. The van der Waals surface area contributed by atoms with Crippen LogP contribution in [0.15, 0.2) is 47.4 Å². The number of ether oxygens (including phenoxy) is 2. The van der Waals surface area contributed by atoms with Crippen molar-refractivity contribution in [3.8, 4) is 11.5 Å². The van der Waals surface area contributed by atoms with Crippen LogP contribution in [0.4, 0.5) is 0 Å². The Labute approximate surface area is 129 Å². The number of hydrogen-bond donors (Lipinski definition) is 0. The molecule has 2 aromatic rings. The van der Waals surface area contributed by atoms with Crippen molar-refractivity contribution in [2.45, 2.75) is 17.6 Å². The molecular weight excluding hydrogens is 284 g/mol. The molecule has 0 saturated carbocycles. The first-order chi connectivity index (χ1) is 10.1. The van der Waals surface area contributed by atoms with E-state index in [0.29, 0.717) is 0 Å². The van der Waals surface area contributed by atoms with E-state index in [-0.39, 0.29) is 5.78 Å². The highest BCUT2D eigenvalue weighted by atomic mass is 32.2. The van der Waals surface area contributed by atoms with Gasteiger partial charge >= 0.3 is 0 Å². The van der Waals surface area contributed by atoms with E-state index < -0.39 is 0 Å². The summed E-state index contributed by atoms with van der Waals surface area (Å²) < 4.78 is 10.5. The van der Waals surface area contributed by atoms with E-state index in [9.17, 15) is 4.79 Å². The molecule has 4 heteroatoms. The largest absolute Gasteiger partial charge is 0.493 e. The minimum Gasteiger partial charge on any atom is -0.493 e. The molecule has 0 aliphatic rings. The van der Waals surface area contributed by atoms with Gasteiger partial charge in [0.2, 0.25) is 0 Å². The lowest BCUT2D eigenvalue weighted by molar-refractivity contribution is 0.101. The monoisotopic (exact) mass is 302 g/mol. The molecule has 0 amide bonds. The smallest absolute Gasteiger partial charge is 0.161 e. The summed E-state index contributed by atoms with van der Waals surface area (Å²) in [5, 5.41) is 0. The van der Waals surface area contributed by atoms with E-state index in [1.54, 1.807) is 32.9 Å². The fourth-order valence-electron chi connectivity index (χ4n) is 1.94. The Hall–Kier alpha value is -1.94. The van der Waals surface area contributed by atoms with Crippen LogP contribution in [0.2, 0.25) is 0 Å². The van der Waals surface area contributed by atoms with Crippen LogP contribution in [0.3, 0.4) is 0 Å². The van der Waals surface area contributed by atoms with E-state index in [4.69, 9.17) is 9.47 Å². The molecule has 0 radical (unpaired) electrons. The minimum absolute atomic E-state index is 0.0866. The van der Waals surface area contributed by atoms with Gasteiger partial charge in [0.05, 0.1) is 14.2 Å². The molecule has 0 atom stereocenters. The summed E-state index contributed by atoms with van der Waals surface area (Å²) in [6, 6.07) is 13.6. The summed E-state index contributed by atoms with van der Waals surface area (Å²) in [6.45, 7) is 1.58. The standard InChI is InChI=1S/C17H18O3S/c1-12(18)14-5-4-6-15(10-14)21-11-13-7-8-16(19-2)17(9-13)20-3/h4-10H,11H2,1-3H3. The highest BCUT2D eigenvalue weighted by Crippen LogP contribution is 2.31. The molecular formula is C17H18O3S. The van der Waals surface area contributed by atoms with Gasteiger partial charge in [0.15, 0.2) is 17.3 Å². The number of carbonyl (C=O) groups is 1. The molecule has 3 nitrogen and oxygen atoms in total. The van der Waals surface area contributed by atoms with Gasteiger partial charge in [-0.3, -0.25) is 4.79 Å². The third-order valence-corrected chi connectivity index (χ3v) is 4.16. The van der Waals surface area contributed by atoms with Crippen molar-refractivity contribution in [2.75, 3.05) is 14.2 Å². The molecule has 0 heterocycles. The molecule has 0 N–H and O–H groups in total. The normalized spacial score (nSPS) is 10.2. The number of Topliss-reactive ketones (excluding diaryl/α,β-unsaturated/α-hetero) is 1. The van der Waals surface area contributed by atoms with Crippen LogP contribution in [-0.4, -0.2) is 20.0 Å². The second-order valence-electron chi connectivity index (χ2n) is 4.56. The summed E-state index contributed by atoms with van der Waals surface area (Å²) in [5.41, 5.74) is 1.89. The van der Waals surface area contributed by atoms with Gasteiger partial charge in [0.1, 0.15) is 0 Å². The first kappa shape index (κ1) is 15.4. The second-order valence-corrected chi connectivity index (χ2v) is 5.61. The first-order valence-electron chi connectivity index (χ1n) is 6.58. The van der Waals surface area contributed by atoms with E-state index in [1.165, 1.54) is 0 Å². The van der Waals surface area contributed by atoms with Crippen LogP contribution in [0, 0.1) is 0 Å². The van der Waals surface area contributed by atoms with Gasteiger partial charge in [-0.15, -0.1) is 11.8 Å². The Morgan fingerprint density at radius 1 is 1.05 bits per heavy atom. The van der Waals surface area contributed by atoms with Crippen LogP contribution < -0.4 is 9.47 Å². The number of carbonyl (C=O) groups excluding carboxylic acids is 1. The Balaban J connectivity index is 2.09. The molecule has 0 bridgehead atoms. The number of thioether (sulfide) groups is 1. The van der Waals surface area contributed by atoms with Crippen molar-refractivity contribution in [3.05, 3.63) is 53.6 Å². The molecule has 2 rings (SSSR count). The molecule has 0 aromatic heterocycles. The van der Waals surface area contributed by atoms with E-state index >= 15 is 0 Å². The van der Waals surface area contributed by atoms with Crippen molar-refractivity contribution in [3.63, 3.8) is 0 Å². The lowest BCUT2D eigenvalue weighted by atomic mass is 10.2. The lowest BCUT2D eigenvalue weighted by Gasteiger charge is -2.09. The Bertz CT molecular complexity index is 638. The van der Waals surface area contributed by atoms with Gasteiger partial charge < -0.3 is 9.47 Å². The number of benzene rings is 2. The topological polar surface area (TPSA) is 35.5 Å². The molecule has 0 aliphatic carbocycles. The zero-order chi connectivity index (χ0) is 15.2. The van der Waals surface area contributed by atoms with Crippen LogP contribution in [0.5, 0.6) is 11.5 Å². The summed E-state index contributed by atoms with van der Waals surface area (Å²) in [7, 11) is 3.25. The van der Waals surface area contributed by atoms with Crippen LogP contribution in [0.25, 0.3) is 0 Å². The molecule has 0 fully saturated rings. The zero-order valence-electron chi connectivity index (χ0n) is 12.4. The molecule has 0 aliphatic heterocycles. The van der Waals surface area contributed by atoms with Gasteiger partial charge in [-0.05, 0) is 36.8 Å². The Kier molecular flexibility index (Phi) is 5.28. The summed E-state index contributed by atoms with van der Waals surface area (Å²) in [5.74, 6) is 2.35. The average molecular weight is 302 g/mol. The number of hydrogen-bond acceptors (Lipinski definition) is 4. The van der Waals surface area contributed by atoms with E-state index in [2.05, 4.69) is 0 Å². The van der Waals surface area contributed by atoms with Crippen LogP contribution in [0.1, 0.15) is 22.8 Å². The molecule has 0 saturated heterocycles. The maximum atomic E-state index is 11.4. The van der Waals surface area contributed by atoms with Crippen LogP contribution >= 0.6 is 11.8 Å². The van der Waals surface area contributed by atoms with Crippen molar-refractivity contribution in [1.82, 2.24) is 0 Å². The highest BCUT2D eigenvalue weighted by molar-refractivity contribution is 7.98. The maximum absolute atomic E-state index is 11.4. The van der Waals surface area contributed by atoms with Crippen molar-refractivity contribution < 1.29 is 14.3 Å². The van der Waals surface area contributed by atoms with E-state index in [1.807, 2.05) is 42.5 Å². The maximum Gasteiger partial charge on any atom is 0.161 e. The predicted octanol–water partition coefficient (Wildman–Crippen LogP) is 4.20. The van der Waals surface area contributed by atoms with Gasteiger partial charge in [-0.2, -0.15) is 0 Å². The van der Waals surface area contributed by atoms with Gasteiger partial charge in [-0.25, -0.2) is 0 Å². The van der Waals surface area contributed by atoms with Crippen LogP contribution in [-0.2, 0) is 5.75 Å². The first-order valence-corrected chi connectivity index (χ1v) is 7.57. The molecule has 0 spiro atoms. The zero-order valence-corrected chi connectivity index (χ0v) is 13.2. The minimum atomic E-state index is 0.0866. The number of rotatable bonds is 6. The van der Waals surface area contributed by atoms with Gasteiger partial charge in [-0.1, -0.05) is 18.2 Å². The number of methoxy groups -OCH3 is 2. The predicted molar refractivity (Wildman–Crippen MR) is 85.6 cm³/mol. The van der Waals surface area contributed by atoms with E-state index in [0.717, 1.165) is 33.3 Å². The summed E-state index contributed by atoms with van der Waals surface area (Å²) in [4.78, 5) is 12.5. The average Bonchev–Trinajstić information content (AvgIpc) is 2.52. The summed E-state index contributed by atoms with van der Waals surface area (Å²) in [6.07, 6.45) is 0. The third-order valence-electron chi connectivity index (χ3n) is 3.09. The SMILES string of the molecule is COc1ccc(CSc2cccc(C(C)=O)c2)cc1OC. The second kappa shape index (κ2) is 7.18. The number of ketones is 1.